The van der Waals surface area contributed by atoms with Gasteiger partial charge in [0, 0.05) is 42.2 Å². The van der Waals surface area contributed by atoms with Crippen molar-refractivity contribution in [3.8, 4) is 5.75 Å². The van der Waals surface area contributed by atoms with Crippen LogP contribution in [-0.2, 0) is 29.7 Å². The maximum absolute atomic E-state index is 12.1. The quantitative estimate of drug-likeness (QED) is 0.737. The van der Waals surface area contributed by atoms with E-state index in [1.807, 2.05) is 12.1 Å². The van der Waals surface area contributed by atoms with E-state index < -0.39 is 10.0 Å². The van der Waals surface area contributed by atoms with E-state index in [0.717, 1.165) is 42.8 Å². The summed E-state index contributed by atoms with van der Waals surface area (Å²) in [5.41, 5.74) is 2.16. The van der Waals surface area contributed by atoms with Gasteiger partial charge in [0.25, 0.3) is 0 Å². The molecule has 2 heterocycles. The first-order chi connectivity index (χ1) is 12.9. The molecule has 2 aromatic rings. The summed E-state index contributed by atoms with van der Waals surface area (Å²) >= 11 is 1.78. The van der Waals surface area contributed by atoms with Crippen LogP contribution in [0.4, 0.5) is 0 Å². The molecule has 4 rings (SSSR count). The first-order valence-corrected chi connectivity index (χ1v) is 12.1. The minimum atomic E-state index is -3.19. The van der Waals surface area contributed by atoms with Crippen molar-refractivity contribution < 1.29 is 13.2 Å². The zero-order valence-electron chi connectivity index (χ0n) is 15.8. The highest BCUT2D eigenvalue weighted by Crippen LogP contribution is 2.32. The molecule has 27 heavy (non-hydrogen) atoms. The number of hydrogen-bond donors (Lipinski definition) is 0. The van der Waals surface area contributed by atoms with E-state index in [9.17, 15) is 8.42 Å². The van der Waals surface area contributed by atoms with Gasteiger partial charge in [-0.05, 0) is 48.9 Å². The fourth-order valence-corrected chi connectivity index (χ4v) is 5.43. The van der Waals surface area contributed by atoms with Gasteiger partial charge in [0.05, 0.1) is 6.26 Å². The Hall–Kier alpha value is -1.41. The molecular weight excluding hydrogens is 380 g/mol. The topological polar surface area (TPSA) is 49.9 Å². The fraction of sp³-hybridized carbons (Fsp3) is 0.500. The Morgan fingerprint density at radius 2 is 2.11 bits per heavy atom. The molecule has 0 saturated heterocycles. The van der Waals surface area contributed by atoms with Crippen molar-refractivity contribution in [2.24, 2.45) is 0 Å². The van der Waals surface area contributed by atoms with E-state index in [2.05, 4.69) is 35.4 Å². The summed E-state index contributed by atoms with van der Waals surface area (Å²) in [6.45, 7) is 5.01. The van der Waals surface area contributed by atoms with Crippen LogP contribution in [0.2, 0.25) is 0 Å². The third-order valence-corrected chi connectivity index (χ3v) is 7.40. The van der Waals surface area contributed by atoms with Crippen LogP contribution in [0.1, 0.15) is 35.8 Å². The third kappa shape index (κ3) is 4.54. The normalized spacial score (nSPS) is 20.9. The molecule has 7 heteroatoms. The summed E-state index contributed by atoms with van der Waals surface area (Å²) in [6, 6.07) is 10.9. The van der Waals surface area contributed by atoms with E-state index in [0.29, 0.717) is 19.2 Å². The van der Waals surface area contributed by atoms with Crippen LogP contribution in [0.15, 0.2) is 35.7 Å². The summed E-state index contributed by atoms with van der Waals surface area (Å²) in [4.78, 5) is 3.77. The molecule has 0 radical (unpaired) electrons. The third-order valence-electron chi connectivity index (χ3n) is 5.26. The SMILES string of the molecule is C[C@H]1COc2ccc(CN(C3CC3)S(C)(=O)=O)cc2CN1Cc1cccs1. The lowest BCUT2D eigenvalue weighted by atomic mass is 10.1. The minimum absolute atomic E-state index is 0.172. The molecular formula is C20H26N2O3S2. The number of sulfonamides is 1. The molecule has 146 valence electrons. The van der Waals surface area contributed by atoms with Crippen molar-refractivity contribution in [2.45, 2.75) is 51.5 Å². The van der Waals surface area contributed by atoms with Crippen molar-refractivity contribution in [1.82, 2.24) is 9.21 Å². The molecule has 2 aliphatic rings. The Bertz CT molecular complexity index is 892. The number of nitrogens with zero attached hydrogens (tertiary/aromatic N) is 2. The largest absolute Gasteiger partial charge is 0.492 e. The van der Waals surface area contributed by atoms with Crippen molar-refractivity contribution >= 4 is 21.4 Å². The highest BCUT2D eigenvalue weighted by molar-refractivity contribution is 7.88. The fourth-order valence-electron chi connectivity index (χ4n) is 3.56. The monoisotopic (exact) mass is 406 g/mol. The highest BCUT2D eigenvalue weighted by atomic mass is 32.2. The number of hydrogen-bond acceptors (Lipinski definition) is 5. The summed E-state index contributed by atoms with van der Waals surface area (Å²) < 4.78 is 31.9. The van der Waals surface area contributed by atoms with E-state index in [4.69, 9.17) is 4.74 Å². The first kappa shape index (κ1) is 18.9. The van der Waals surface area contributed by atoms with Crippen LogP contribution in [0, 0.1) is 0 Å². The van der Waals surface area contributed by atoms with Gasteiger partial charge in [-0.25, -0.2) is 8.42 Å². The smallest absolute Gasteiger partial charge is 0.211 e. The first-order valence-electron chi connectivity index (χ1n) is 9.38. The maximum atomic E-state index is 12.1. The van der Waals surface area contributed by atoms with E-state index in [1.54, 1.807) is 15.6 Å². The molecule has 0 N–H and O–H groups in total. The van der Waals surface area contributed by atoms with Gasteiger partial charge in [-0.3, -0.25) is 4.90 Å². The van der Waals surface area contributed by atoms with Crippen LogP contribution in [0.3, 0.4) is 0 Å². The Labute approximate surface area is 165 Å². The molecule has 0 amide bonds. The van der Waals surface area contributed by atoms with Crippen molar-refractivity contribution in [3.63, 3.8) is 0 Å². The summed E-state index contributed by atoms with van der Waals surface area (Å²) in [6.07, 6.45) is 3.24. The Kier molecular flexibility index (Phi) is 5.29. The predicted molar refractivity (Wildman–Crippen MR) is 108 cm³/mol. The van der Waals surface area contributed by atoms with E-state index >= 15 is 0 Å². The van der Waals surface area contributed by atoms with Gasteiger partial charge < -0.3 is 4.74 Å². The standard InChI is InChI=1S/C20H26N2O3S2/c1-15-14-25-20-8-5-16(11-22(18-6-7-18)27(2,23)24)10-17(20)12-21(15)13-19-4-3-9-26-19/h3-5,8-10,15,18H,6-7,11-14H2,1-2H3/t15-/m0/s1. The van der Waals surface area contributed by atoms with Gasteiger partial charge in [-0.15, -0.1) is 11.3 Å². The Morgan fingerprint density at radius 3 is 2.78 bits per heavy atom. The van der Waals surface area contributed by atoms with Gasteiger partial charge >= 0.3 is 0 Å². The Morgan fingerprint density at radius 1 is 1.30 bits per heavy atom. The van der Waals surface area contributed by atoms with Crippen molar-refractivity contribution in [1.29, 1.82) is 0 Å². The lowest BCUT2D eigenvalue weighted by Gasteiger charge is -2.25. The average Bonchev–Trinajstić information content (AvgIpc) is 3.34. The lowest BCUT2D eigenvalue weighted by Crippen LogP contribution is -2.34. The summed E-state index contributed by atoms with van der Waals surface area (Å²) in [5.74, 6) is 0.914. The molecule has 1 atom stereocenters. The number of benzene rings is 1. The molecule has 1 fully saturated rings. The number of fused-ring (bicyclic) bond motifs is 1. The average molecular weight is 407 g/mol. The minimum Gasteiger partial charge on any atom is -0.492 e. The van der Waals surface area contributed by atoms with E-state index in [1.165, 1.54) is 11.1 Å². The Balaban J connectivity index is 1.55. The summed E-state index contributed by atoms with van der Waals surface area (Å²) in [7, 11) is -3.19. The zero-order valence-corrected chi connectivity index (χ0v) is 17.4. The maximum Gasteiger partial charge on any atom is 0.211 e. The molecule has 0 unspecified atom stereocenters. The van der Waals surface area contributed by atoms with Gasteiger partial charge in [0.15, 0.2) is 0 Å². The second-order valence-electron chi connectivity index (χ2n) is 7.63. The van der Waals surface area contributed by atoms with Crippen LogP contribution in [-0.4, -0.2) is 42.6 Å². The van der Waals surface area contributed by atoms with Crippen LogP contribution in [0.5, 0.6) is 5.75 Å². The second kappa shape index (κ2) is 7.54. The van der Waals surface area contributed by atoms with Gasteiger partial charge in [0.1, 0.15) is 12.4 Å². The lowest BCUT2D eigenvalue weighted by molar-refractivity contribution is 0.152. The zero-order chi connectivity index (χ0) is 19.0. The second-order valence-corrected chi connectivity index (χ2v) is 10.6. The van der Waals surface area contributed by atoms with Crippen LogP contribution in [0.25, 0.3) is 0 Å². The molecule has 5 nitrogen and oxygen atoms in total. The molecule has 1 aliphatic heterocycles. The number of ether oxygens (including phenoxy) is 1. The summed E-state index contributed by atoms with van der Waals surface area (Å²) in [5, 5.41) is 2.11. The van der Waals surface area contributed by atoms with Crippen molar-refractivity contribution in [2.75, 3.05) is 12.9 Å². The molecule has 1 aliphatic carbocycles. The van der Waals surface area contributed by atoms with Gasteiger partial charge in [0.2, 0.25) is 10.0 Å². The van der Waals surface area contributed by atoms with Crippen molar-refractivity contribution in [3.05, 3.63) is 51.7 Å². The molecule has 0 spiro atoms. The van der Waals surface area contributed by atoms with Gasteiger partial charge in [-0.2, -0.15) is 4.31 Å². The van der Waals surface area contributed by atoms with Crippen LogP contribution < -0.4 is 4.74 Å². The number of rotatable bonds is 6. The molecule has 1 aromatic carbocycles. The van der Waals surface area contributed by atoms with Crippen LogP contribution >= 0.6 is 11.3 Å². The molecule has 1 aromatic heterocycles. The highest BCUT2D eigenvalue weighted by Gasteiger charge is 2.35. The predicted octanol–water partition coefficient (Wildman–Crippen LogP) is 3.46. The molecule has 0 bridgehead atoms. The number of thiophene rings is 1. The van der Waals surface area contributed by atoms with Gasteiger partial charge in [-0.1, -0.05) is 12.1 Å². The molecule has 1 saturated carbocycles. The van der Waals surface area contributed by atoms with E-state index in [-0.39, 0.29) is 6.04 Å².